The fourth-order valence-corrected chi connectivity index (χ4v) is 9.17. The molecule has 14 nitrogen and oxygen atoms in total. The molecular formula is C44H44F3N9O5. The van der Waals surface area contributed by atoms with Gasteiger partial charge in [-0.15, -0.1) is 0 Å². The van der Waals surface area contributed by atoms with Gasteiger partial charge in [-0.3, -0.25) is 33.5 Å². The molecule has 1 atom stereocenters. The van der Waals surface area contributed by atoms with Crippen LogP contribution in [0, 0.1) is 29.3 Å². The molecule has 17 heteroatoms. The lowest BCUT2D eigenvalue weighted by molar-refractivity contribution is -0.135. The number of carbonyl (C=O) groups is 3. The second-order valence-corrected chi connectivity index (χ2v) is 16.6. The van der Waals surface area contributed by atoms with Crippen molar-refractivity contribution in [1.29, 1.82) is 0 Å². The zero-order valence-corrected chi connectivity index (χ0v) is 33.4. The number of piperidine rings is 2. The fourth-order valence-electron chi connectivity index (χ4n) is 9.17. The first kappa shape index (κ1) is 39.9. The van der Waals surface area contributed by atoms with Gasteiger partial charge in [0.1, 0.15) is 6.04 Å². The van der Waals surface area contributed by atoms with Crippen LogP contribution in [0.5, 0.6) is 5.75 Å². The Hall–Kier alpha value is -6.52. The first-order valence-electron chi connectivity index (χ1n) is 20.7. The Balaban J connectivity index is 0.773. The summed E-state index contributed by atoms with van der Waals surface area (Å²) >= 11 is 0. The van der Waals surface area contributed by atoms with Crippen molar-refractivity contribution in [3.05, 3.63) is 100 Å². The van der Waals surface area contributed by atoms with E-state index in [-0.39, 0.29) is 36.5 Å². The monoisotopic (exact) mass is 835 g/mol. The van der Waals surface area contributed by atoms with Crippen molar-refractivity contribution in [1.82, 2.24) is 39.5 Å². The van der Waals surface area contributed by atoms with E-state index in [1.165, 1.54) is 4.57 Å². The molecule has 0 bridgehead atoms. The Bertz CT molecular complexity index is 2750. The van der Waals surface area contributed by atoms with Crippen LogP contribution in [-0.2, 0) is 23.1 Å². The molecular weight excluding hydrogens is 792 g/mol. The molecule has 3 aromatic heterocycles. The van der Waals surface area contributed by atoms with Gasteiger partial charge in [0.05, 0.1) is 28.2 Å². The molecule has 2 aliphatic heterocycles. The van der Waals surface area contributed by atoms with Gasteiger partial charge < -0.3 is 15.3 Å². The normalized spacial score (nSPS) is 20.1. The lowest BCUT2D eigenvalue weighted by atomic mass is 9.86. The molecule has 61 heavy (non-hydrogen) atoms. The largest absolute Gasteiger partial charge is 0.503 e. The molecule has 3 N–H and O–H groups in total. The molecule has 1 aliphatic carbocycles. The molecule has 1 saturated carbocycles. The van der Waals surface area contributed by atoms with Crippen LogP contribution in [0.4, 0.5) is 19.1 Å². The summed E-state index contributed by atoms with van der Waals surface area (Å²) in [5.41, 5.74) is 4.20. The Labute approximate surface area is 347 Å². The zero-order valence-electron chi connectivity index (χ0n) is 33.4. The number of rotatable bonds is 9. The smallest absolute Gasteiger partial charge is 0.329 e. The Morgan fingerprint density at radius 1 is 0.869 bits per heavy atom. The van der Waals surface area contributed by atoms with Gasteiger partial charge in [-0.25, -0.2) is 23.5 Å². The van der Waals surface area contributed by atoms with E-state index in [4.69, 9.17) is 15.1 Å². The predicted octanol–water partition coefficient (Wildman–Crippen LogP) is 5.87. The van der Waals surface area contributed by atoms with Crippen molar-refractivity contribution >= 4 is 45.6 Å². The highest BCUT2D eigenvalue weighted by Crippen LogP contribution is 2.34. The van der Waals surface area contributed by atoms with Crippen LogP contribution in [0.25, 0.3) is 33.1 Å². The fraction of sp³-hybridized carbons (Fsp3) is 0.386. The molecule has 3 aromatic carbocycles. The van der Waals surface area contributed by atoms with Crippen LogP contribution in [0.1, 0.15) is 79.4 Å². The highest BCUT2D eigenvalue weighted by Gasteiger charge is 2.32. The summed E-state index contributed by atoms with van der Waals surface area (Å²) in [5.74, 6) is -6.68. The molecule has 1 unspecified atom stereocenters. The first-order valence-corrected chi connectivity index (χ1v) is 20.7. The number of imidazole rings is 1. The minimum atomic E-state index is -1.79. The summed E-state index contributed by atoms with van der Waals surface area (Å²) in [4.78, 5) is 61.6. The van der Waals surface area contributed by atoms with Crippen molar-refractivity contribution < 1.29 is 32.7 Å². The highest BCUT2D eigenvalue weighted by molar-refractivity contribution is 6.00. The number of nitrogens with one attached hydrogen (secondary N) is 2. The molecule has 9 rings (SSSR count). The molecule has 2 saturated heterocycles. The highest BCUT2D eigenvalue weighted by atomic mass is 19.2. The number of carbonyl (C=O) groups excluding carboxylic acids is 3. The number of aromatic nitrogens is 6. The number of halogens is 3. The number of aryl methyl sites for hydroxylation is 1. The number of nitrogens with zero attached hydrogens (tertiary/aromatic N) is 7. The number of hydrogen-bond donors (Lipinski definition) is 3. The van der Waals surface area contributed by atoms with Crippen molar-refractivity contribution in [2.24, 2.45) is 18.9 Å². The summed E-state index contributed by atoms with van der Waals surface area (Å²) in [6.07, 6.45) is 12.2. The van der Waals surface area contributed by atoms with Gasteiger partial charge in [-0.2, -0.15) is 9.49 Å². The third kappa shape index (κ3) is 7.72. The van der Waals surface area contributed by atoms with Crippen molar-refractivity contribution in [3.63, 3.8) is 0 Å². The third-order valence-corrected chi connectivity index (χ3v) is 12.7. The maximum atomic E-state index is 14.1. The Morgan fingerprint density at radius 3 is 2.36 bits per heavy atom. The predicted molar refractivity (Wildman–Crippen MR) is 219 cm³/mol. The minimum Gasteiger partial charge on any atom is -0.503 e. The van der Waals surface area contributed by atoms with Gasteiger partial charge in [-0.1, -0.05) is 18.2 Å². The van der Waals surface area contributed by atoms with E-state index in [9.17, 15) is 37.5 Å². The number of aromatic hydroxyl groups is 1. The van der Waals surface area contributed by atoms with E-state index >= 15 is 0 Å². The summed E-state index contributed by atoms with van der Waals surface area (Å²) in [6, 6.07) is 12.0. The van der Waals surface area contributed by atoms with E-state index in [1.807, 2.05) is 59.7 Å². The molecule has 0 radical (unpaired) electrons. The summed E-state index contributed by atoms with van der Waals surface area (Å²) in [5, 5.41) is 20.1. The topological polar surface area (TPSA) is 169 Å². The van der Waals surface area contributed by atoms with Gasteiger partial charge in [0.15, 0.2) is 17.4 Å². The van der Waals surface area contributed by atoms with E-state index in [2.05, 4.69) is 15.5 Å². The van der Waals surface area contributed by atoms with Gasteiger partial charge in [-0.05, 0) is 98.6 Å². The van der Waals surface area contributed by atoms with E-state index in [1.54, 1.807) is 11.6 Å². The van der Waals surface area contributed by atoms with Gasteiger partial charge in [0.25, 0.3) is 5.91 Å². The van der Waals surface area contributed by atoms with Gasteiger partial charge >= 0.3 is 5.69 Å². The number of hydrogen-bond acceptors (Lipinski definition) is 9. The molecule has 3 amide bonds. The Kier molecular flexibility index (Phi) is 10.6. The second kappa shape index (κ2) is 16.2. The third-order valence-electron chi connectivity index (χ3n) is 12.7. The van der Waals surface area contributed by atoms with Gasteiger partial charge in [0.2, 0.25) is 23.6 Å². The maximum absolute atomic E-state index is 14.1. The standard InChI is InChI=1S/C44H44F3N9O5/c1-53-36-17-26(4-9-34(36)56(44(53)61)35-10-11-37(57)51-42(35)60)16-24-12-14-54(15-13-24)43-49-21-29(22-50-43)27-5-6-28-23-55(52-33(28)18-27)30-7-2-25(3-8-30)20-48-41(59)31-19-32(45)40(58)39(47)38(31)46/h4-6,9,17-19,21-25,30,35,58H,2-3,7-8,10-16,20H2,1H3,(H,48,59)(H,51,57,60)/t25-,30-,35?. The van der Waals surface area contributed by atoms with Gasteiger partial charge in [0, 0.05) is 62.6 Å². The van der Waals surface area contributed by atoms with Crippen LogP contribution in [0.15, 0.2) is 65.8 Å². The number of amides is 3. The molecule has 0 spiro atoms. The average molecular weight is 836 g/mol. The van der Waals surface area contributed by atoms with Crippen LogP contribution in [-0.4, -0.2) is 71.3 Å². The number of benzene rings is 3. The first-order chi connectivity index (χ1) is 29.4. The Morgan fingerprint density at radius 2 is 1.62 bits per heavy atom. The zero-order chi connectivity index (χ0) is 42.5. The lowest BCUT2D eigenvalue weighted by Crippen LogP contribution is -2.44. The lowest BCUT2D eigenvalue weighted by Gasteiger charge is -2.32. The minimum absolute atomic E-state index is 0.107. The average Bonchev–Trinajstić information content (AvgIpc) is 3.81. The summed E-state index contributed by atoms with van der Waals surface area (Å²) < 4.78 is 46.7. The van der Waals surface area contributed by atoms with Crippen molar-refractivity contribution in [3.8, 4) is 16.9 Å². The van der Waals surface area contributed by atoms with E-state index < -0.39 is 46.6 Å². The molecule has 5 heterocycles. The van der Waals surface area contributed by atoms with E-state index in [0.717, 1.165) is 91.1 Å². The van der Waals surface area contributed by atoms with E-state index in [0.29, 0.717) is 29.9 Å². The van der Waals surface area contributed by atoms with Crippen molar-refractivity contribution in [2.45, 2.75) is 69.9 Å². The number of anilines is 1. The number of phenolic OH excluding ortho intramolecular Hbond substituents is 1. The molecule has 3 fully saturated rings. The van der Waals surface area contributed by atoms with Crippen LogP contribution in [0.2, 0.25) is 0 Å². The SMILES string of the molecule is Cn1c(=O)n(C2CCC(=O)NC2=O)c2ccc(CC3CCN(c4ncc(-c5ccc6cn([C@H]7CC[C@H](CNC(=O)c8cc(F)c(O)c(F)c8F)CC7)nc6c5)cn4)CC3)cc21. The summed E-state index contributed by atoms with van der Waals surface area (Å²) in [6.45, 7) is 1.87. The summed E-state index contributed by atoms with van der Waals surface area (Å²) in [7, 11) is 1.71. The molecule has 316 valence electrons. The van der Waals surface area contributed by atoms with Crippen molar-refractivity contribution in [2.75, 3.05) is 24.5 Å². The molecule has 6 aromatic rings. The number of phenols is 1. The number of imide groups is 1. The number of fused-ring (bicyclic) bond motifs is 2. The van der Waals surface area contributed by atoms with Crippen LogP contribution in [0.3, 0.4) is 0 Å². The molecule has 3 aliphatic rings. The quantitative estimate of drug-likeness (QED) is 0.119. The van der Waals surface area contributed by atoms with Crippen LogP contribution >= 0.6 is 0 Å². The second-order valence-electron chi connectivity index (χ2n) is 16.6. The van der Waals surface area contributed by atoms with Crippen LogP contribution < -0.4 is 21.2 Å². The maximum Gasteiger partial charge on any atom is 0.329 e.